The SMILES string of the molecule is CCOc1cc([C@H]2NC(=O)NC(C)=C2C(=O)OC)ccc1OC[C@H](O)N/N=C\c1cc(Cl)c(OCc2ccc3c(c2)OCO3)c(Cl)c1. The molecule has 0 aliphatic carbocycles. The molecule has 0 aromatic heterocycles. The smallest absolute Gasteiger partial charge is 0.337 e. The van der Waals surface area contributed by atoms with Crippen LogP contribution in [0.4, 0.5) is 4.79 Å². The van der Waals surface area contributed by atoms with Crippen molar-refractivity contribution in [1.29, 1.82) is 0 Å². The summed E-state index contributed by atoms with van der Waals surface area (Å²) in [7, 11) is 1.27. The highest BCUT2D eigenvalue weighted by molar-refractivity contribution is 6.37. The lowest BCUT2D eigenvalue weighted by Crippen LogP contribution is -2.45. The summed E-state index contributed by atoms with van der Waals surface area (Å²) in [4.78, 5) is 24.6. The van der Waals surface area contributed by atoms with Crippen LogP contribution in [0.2, 0.25) is 10.0 Å². The molecule has 2 aliphatic heterocycles. The fourth-order valence-electron chi connectivity index (χ4n) is 4.80. The van der Waals surface area contributed by atoms with E-state index >= 15 is 0 Å². The summed E-state index contributed by atoms with van der Waals surface area (Å²) in [5.74, 6) is 1.74. The Hall–Kier alpha value is -4.85. The van der Waals surface area contributed by atoms with E-state index in [0.29, 0.717) is 52.2 Å². The number of methoxy groups -OCH3 is 1. The van der Waals surface area contributed by atoms with Crippen LogP contribution in [0.5, 0.6) is 28.7 Å². The number of carbonyl (C=O) groups excluding carboxylic acids is 2. The molecule has 3 aromatic carbocycles. The van der Waals surface area contributed by atoms with Crippen molar-refractivity contribution in [2.45, 2.75) is 32.7 Å². The van der Waals surface area contributed by atoms with Gasteiger partial charge in [-0.05, 0) is 66.9 Å². The number of carbonyl (C=O) groups is 2. The molecule has 47 heavy (non-hydrogen) atoms. The number of allylic oxidation sites excluding steroid dienone is 1. The first-order valence-electron chi connectivity index (χ1n) is 14.4. The number of hydrogen-bond donors (Lipinski definition) is 4. The molecule has 0 spiro atoms. The van der Waals surface area contributed by atoms with Crippen LogP contribution < -0.4 is 39.7 Å². The second-order valence-electron chi connectivity index (χ2n) is 10.2. The Morgan fingerprint density at radius 3 is 2.60 bits per heavy atom. The van der Waals surface area contributed by atoms with Gasteiger partial charge in [-0.3, -0.25) is 5.43 Å². The van der Waals surface area contributed by atoms with E-state index in [0.717, 1.165) is 5.56 Å². The number of esters is 1. The zero-order valence-corrected chi connectivity index (χ0v) is 27.1. The van der Waals surface area contributed by atoms with Crippen molar-refractivity contribution in [2.24, 2.45) is 5.10 Å². The van der Waals surface area contributed by atoms with Crippen LogP contribution in [-0.4, -0.2) is 56.7 Å². The summed E-state index contributed by atoms with van der Waals surface area (Å²) >= 11 is 12.9. The molecule has 5 rings (SSSR count). The molecular weight excluding hydrogens is 655 g/mol. The number of aliphatic hydroxyl groups excluding tert-OH is 1. The van der Waals surface area contributed by atoms with Gasteiger partial charge in [0.1, 0.15) is 13.2 Å². The van der Waals surface area contributed by atoms with Gasteiger partial charge in [-0.1, -0.05) is 35.3 Å². The number of nitrogens with zero attached hydrogens (tertiary/aromatic N) is 1. The number of hydrogen-bond acceptors (Lipinski definition) is 11. The minimum Gasteiger partial charge on any atom is -0.490 e. The van der Waals surface area contributed by atoms with Gasteiger partial charge in [0.05, 0.1) is 41.6 Å². The van der Waals surface area contributed by atoms with Crippen molar-refractivity contribution in [3.05, 3.63) is 86.5 Å². The molecule has 2 heterocycles. The number of hydrazone groups is 1. The van der Waals surface area contributed by atoms with E-state index in [4.69, 9.17) is 51.6 Å². The third-order valence-electron chi connectivity index (χ3n) is 6.95. The van der Waals surface area contributed by atoms with Crippen molar-refractivity contribution >= 4 is 41.4 Å². The fraction of sp³-hybridized carbons (Fsp3) is 0.281. The monoisotopic (exact) mass is 686 g/mol. The maximum absolute atomic E-state index is 12.5. The van der Waals surface area contributed by atoms with Crippen LogP contribution >= 0.6 is 23.2 Å². The lowest BCUT2D eigenvalue weighted by atomic mass is 9.95. The van der Waals surface area contributed by atoms with Gasteiger partial charge in [0, 0.05) is 5.70 Å². The van der Waals surface area contributed by atoms with Gasteiger partial charge >= 0.3 is 12.0 Å². The van der Waals surface area contributed by atoms with E-state index in [1.54, 1.807) is 44.2 Å². The highest BCUT2D eigenvalue weighted by atomic mass is 35.5. The number of amides is 2. The molecule has 2 atom stereocenters. The first-order chi connectivity index (χ1) is 22.7. The van der Waals surface area contributed by atoms with E-state index in [1.807, 2.05) is 18.2 Å². The predicted molar refractivity (Wildman–Crippen MR) is 172 cm³/mol. The Morgan fingerprint density at radius 2 is 1.85 bits per heavy atom. The van der Waals surface area contributed by atoms with Crippen LogP contribution in [0, 0.1) is 0 Å². The van der Waals surface area contributed by atoms with Gasteiger partial charge in [0.2, 0.25) is 6.79 Å². The molecule has 0 saturated carbocycles. The Labute approximate surface area is 280 Å². The normalized spacial score (nSPS) is 16.0. The zero-order chi connectivity index (χ0) is 33.5. The van der Waals surface area contributed by atoms with Crippen LogP contribution in [0.15, 0.2) is 64.9 Å². The van der Waals surface area contributed by atoms with Gasteiger partial charge < -0.3 is 44.2 Å². The number of fused-ring (bicyclic) bond motifs is 1. The lowest BCUT2D eigenvalue weighted by molar-refractivity contribution is -0.136. The van der Waals surface area contributed by atoms with Crippen LogP contribution in [0.25, 0.3) is 0 Å². The van der Waals surface area contributed by atoms with Gasteiger partial charge in [-0.15, -0.1) is 0 Å². The molecule has 0 unspecified atom stereocenters. The molecule has 2 aliphatic rings. The van der Waals surface area contributed by atoms with Crippen molar-refractivity contribution in [1.82, 2.24) is 16.1 Å². The van der Waals surface area contributed by atoms with Crippen molar-refractivity contribution in [3.63, 3.8) is 0 Å². The molecule has 0 saturated heterocycles. The van der Waals surface area contributed by atoms with E-state index in [1.165, 1.54) is 13.3 Å². The number of rotatable bonds is 13. The maximum atomic E-state index is 12.5. The molecule has 3 aromatic rings. The first kappa shape index (κ1) is 33.5. The Kier molecular flexibility index (Phi) is 10.8. The molecule has 0 bridgehead atoms. The summed E-state index contributed by atoms with van der Waals surface area (Å²) in [6.07, 6.45) is 0.237. The third kappa shape index (κ3) is 8.12. The number of nitrogens with one attached hydrogen (secondary N) is 3. The minimum atomic E-state index is -1.20. The van der Waals surface area contributed by atoms with Crippen molar-refractivity contribution < 1.29 is 43.1 Å². The molecule has 0 radical (unpaired) electrons. The second-order valence-corrected chi connectivity index (χ2v) is 11.0. The standard InChI is InChI=1S/C32H32Cl2N4O9/c1-4-43-26-12-20(29-28(31(40)42-3)17(2)36-32(41)37-29)6-8-23(26)44-15-27(39)38-35-13-19-9-21(33)30(22(34)10-19)45-14-18-5-7-24-25(11-18)47-16-46-24/h5-13,27,29,38-39H,4,14-16H2,1-3H3,(H2,36,37,41)/b35-13-/t27-,29+/m0/s1. The summed E-state index contributed by atoms with van der Waals surface area (Å²) in [5.41, 5.74) is 5.20. The number of ether oxygens (including phenoxy) is 6. The summed E-state index contributed by atoms with van der Waals surface area (Å²) in [6.45, 7) is 3.94. The van der Waals surface area contributed by atoms with E-state index in [2.05, 4.69) is 21.2 Å². The van der Waals surface area contributed by atoms with E-state index < -0.39 is 24.3 Å². The Bertz CT molecular complexity index is 1690. The quantitative estimate of drug-likeness (QED) is 0.0850. The van der Waals surface area contributed by atoms with Gasteiger partial charge in [0.15, 0.2) is 35.0 Å². The predicted octanol–water partition coefficient (Wildman–Crippen LogP) is 4.82. The summed E-state index contributed by atoms with van der Waals surface area (Å²) in [6, 6.07) is 12.5. The third-order valence-corrected chi connectivity index (χ3v) is 7.51. The first-order valence-corrected chi connectivity index (χ1v) is 15.2. The van der Waals surface area contributed by atoms with Crippen LogP contribution in [0.1, 0.15) is 36.6 Å². The molecule has 13 nitrogen and oxygen atoms in total. The molecule has 2 amide bonds. The Morgan fingerprint density at radius 1 is 1.09 bits per heavy atom. The molecular formula is C32H32Cl2N4O9. The van der Waals surface area contributed by atoms with Crippen LogP contribution in [-0.2, 0) is 16.1 Å². The molecule has 15 heteroatoms. The molecule has 4 N–H and O–H groups in total. The topological polar surface area (TPSA) is 158 Å². The van der Waals surface area contributed by atoms with Gasteiger partial charge in [-0.25, -0.2) is 9.59 Å². The van der Waals surface area contributed by atoms with Crippen molar-refractivity contribution in [3.8, 4) is 28.7 Å². The number of urea groups is 1. The van der Waals surface area contributed by atoms with Crippen LogP contribution in [0.3, 0.4) is 0 Å². The van der Waals surface area contributed by atoms with Crippen molar-refractivity contribution in [2.75, 3.05) is 27.1 Å². The minimum absolute atomic E-state index is 0.184. The number of benzene rings is 3. The fourth-order valence-corrected chi connectivity index (χ4v) is 5.41. The highest BCUT2D eigenvalue weighted by Gasteiger charge is 2.32. The zero-order valence-electron chi connectivity index (χ0n) is 25.6. The van der Waals surface area contributed by atoms with E-state index in [9.17, 15) is 14.7 Å². The van der Waals surface area contributed by atoms with Gasteiger partial charge in [-0.2, -0.15) is 5.10 Å². The number of halogens is 2. The average molecular weight is 688 g/mol. The highest BCUT2D eigenvalue weighted by Crippen LogP contribution is 2.37. The number of aliphatic hydroxyl groups is 1. The summed E-state index contributed by atoms with van der Waals surface area (Å²) < 4.78 is 33.0. The summed E-state index contributed by atoms with van der Waals surface area (Å²) in [5, 5.41) is 20.4. The second kappa shape index (κ2) is 15.2. The van der Waals surface area contributed by atoms with E-state index in [-0.39, 0.29) is 35.6 Å². The maximum Gasteiger partial charge on any atom is 0.337 e. The average Bonchev–Trinajstić information content (AvgIpc) is 3.51. The lowest BCUT2D eigenvalue weighted by Gasteiger charge is -2.28. The van der Waals surface area contributed by atoms with Gasteiger partial charge in [0.25, 0.3) is 0 Å². The molecule has 0 fully saturated rings. The largest absolute Gasteiger partial charge is 0.490 e. The Balaban J connectivity index is 1.18. The molecule has 248 valence electrons.